The van der Waals surface area contributed by atoms with Crippen molar-refractivity contribution in [3.8, 4) is 5.75 Å². The van der Waals surface area contributed by atoms with Gasteiger partial charge in [-0.25, -0.2) is 4.79 Å². The average Bonchev–Trinajstić information content (AvgIpc) is 2.73. The SMILES string of the molecule is CCOC(=O)c1ccc2cc(OCCN(C)C(=O)c3ccccc3)ccc2c1. The fraction of sp³-hybridized carbons (Fsp3) is 0.217. The number of likely N-dealkylation sites (N-methyl/N-ethyl adjacent to an activating group) is 1. The van der Waals surface area contributed by atoms with Crippen LogP contribution in [0.25, 0.3) is 10.8 Å². The summed E-state index contributed by atoms with van der Waals surface area (Å²) in [6, 6.07) is 20.3. The van der Waals surface area contributed by atoms with Crippen molar-refractivity contribution in [2.75, 3.05) is 26.8 Å². The molecule has 0 atom stereocenters. The minimum Gasteiger partial charge on any atom is -0.492 e. The van der Waals surface area contributed by atoms with Crippen LogP contribution in [0.2, 0.25) is 0 Å². The number of hydrogen-bond acceptors (Lipinski definition) is 4. The van der Waals surface area contributed by atoms with E-state index in [9.17, 15) is 9.59 Å². The first-order chi connectivity index (χ1) is 13.6. The maximum absolute atomic E-state index is 12.3. The summed E-state index contributed by atoms with van der Waals surface area (Å²) >= 11 is 0. The van der Waals surface area contributed by atoms with Crippen LogP contribution < -0.4 is 4.74 Å². The molecule has 5 nitrogen and oxygen atoms in total. The number of carbonyl (C=O) groups is 2. The molecule has 0 aliphatic carbocycles. The van der Waals surface area contributed by atoms with Crippen molar-refractivity contribution in [3.05, 3.63) is 77.9 Å². The first kappa shape index (κ1) is 19.4. The number of rotatable bonds is 7. The van der Waals surface area contributed by atoms with Crippen LogP contribution in [0.5, 0.6) is 5.75 Å². The molecule has 0 spiro atoms. The maximum Gasteiger partial charge on any atom is 0.338 e. The van der Waals surface area contributed by atoms with Crippen LogP contribution in [0.15, 0.2) is 66.7 Å². The van der Waals surface area contributed by atoms with E-state index >= 15 is 0 Å². The minimum absolute atomic E-state index is 0.0331. The van der Waals surface area contributed by atoms with Crippen molar-refractivity contribution in [2.24, 2.45) is 0 Å². The summed E-state index contributed by atoms with van der Waals surface area (Å²) in [5.41, 5.74) is 1.19. The molecule has 3 aromatic carbocycles. The maximum atomic E-state index is 12.3. The molecule has 0 aromatic heterocycles. The zero-order valence-corrected chi connectivity index (χ0v) is 16.1. The lowest BCUT2D eigenvalue weighted by Gasteiger charge is -2.17. The van der Waals surface area contributed by atoms with Crippen molar-refractivity contribution < 1.29 is 19.1 Å². The zero-order valence-electron chi connectivity index (χ0n) is 16.1. The van der Waals surface area contributed by atoms with E-state index in [1.54, 1.807) is 37.1 Å². The van der Waals surface area contributed by atoms with E-state index in [-0.39, 0.29) is 11.9 Å². The lowest BCUT2D eigenvalue weighted by atomic mass is 10.1. The van der Waals surface area contributed by atoms with Gasteiger partial charge in [0.25, 0.3) is 5.91 Å². The molecule has 0 heterocycles. The third-order valence-electron chi connectivity index (χ3n) is 4.39. The van der Waals surface area contributed by atoms with Crippen LogP contribution in [0.4, 0.5) is 0 Å². The predicted octanol–water partition coefficient (Wildman–Crippen LogP) is 4.17. The van der Waals surface area contributed by atoms with Gasteiger partial charge in [0.15, 0.2) is 0 Å². The zero-order chi connectivity index (χ0) is 19.9. The van der Waals surface area contributed by atoms with E-state index in [2.05, 4.69) is 0 Å². The fourth-order valence-corrected chi connectivity index (χ4v) is 2.86. The van der Waals surface area contributed by atoms with Crippen LogP contribution in [0.3, 0.4) is 0 Å². The average molecular weight is 377 g/mol. The van der Waals surface area contributed by atoms with Crippen molar-refractivity contribution >= 4 is 22.6 Å². The Hall–Kier alpha value is -3.34. The Kier molecular flexibility index (Phi) is 6.27. The van der Waals surface area contributed by atoms with Gasteiger partial charge in [0.2, 0.25) is 0 Å². The monoisotopic (exact) mass is 377 g/mol. The molecule has 1 amide bonds. The summed E-state index contributed by atoms with van der Waals surface area (Å²) in [7, 11) is 1.76. The van der Waals surface area contributed by atoms with E-state index in [1.807, 2.05) is 48.5 Å². The Bertz CT molecular complexity index is 969. The molecule has 0 saturated carbocycles. The molecular formula is C23H23NO4. The molecule has 5 heteroatoms. The number of fused-ring (bicyclic) bond motifs is 1. The standard InChI is InChI=1S/C23H23NO4/c1-3-27-23(26)20-10-9-19-16-21(12-11-18(19)15-20)28-14-13-24(2)22(25)17-7-5-4-6-8-17/h4-12,15-16H,3,13-14H2,1-2H3. The Labute approximate surface area is 164 Å². The second kappa shape index (κ2) is 9.04. The molecule has 0 unspecified atom stereocenters. The van der Waals surface area contributed by atoms with E-state index < -0.39 is 0 Å². The van der Waals surface area contributed by atoms with Crippen LogP contribution in [-0.2, 0) is 4.74 Å². The number of hydrogen-bond donors (Lipinski definition) is 0. The smallest absolute Gasteiger partial charge is 0.338 e. The van der Waals surface area contributed by atoms with E-state index in [1.165, 1.54) is 0 Å². The van der Waals surface area contributed by atoms with Gasteiger partial charge in [0, 0.05) is 12.6 Å². The summed E-state index contributed by atoms with van der Waals surface area (Å²) in [5.74, 6) is 0.363. The highest BCUT2D eigenvalue weighted by Gasteiger charge is 2.11. The normalized spacial score (nSPS) is 10.5. The number of benzene rings is 3. The highest BCUT2D eigenvalue weighted by Crippen LogP contribution is 2.22. The van der Waals surface area contributed by atoms with Gasteiger partial charge >= 0.3 is 5.97 Å². The van der Waals surface area contributed by atoms with Gasteiger partial charge in [0.05, 0.1) is 18.7 Å². The predicted molar refractivity (Wildman–Crippen MR) is 109 cm³/mol. The molecule has 144 valence electrons. The highest BCUT2D eigenvalue weighted by molar-refractivity contribution is 5.96. The Balaban J connectivity index is 1.59. The summed E-state index contributed by atoms with van der Waals surface area (Å²) in [4.78, 5) is 25.8. The molecule has 28 heavy (non-hydrogen) atoms. The van der Waals surface area contributed by atoms with Crippen molar-refractivity contribution in [1.29, 1.82) is 0 Å². The molecule has 0 bridgehead atoms. The van der Waals surface area contributed by atoms with Crippen LogP contribution >= 0.6 is 0 Å². The van der Waals surface area contributed by atoms with Gasteiger partial charge in [-0.05, 0) is 54.1 Å². The molecular weight excluding hydrogens is 354 g/mol. The topological polar surface area (TPSA) is 55.8 Å². The van der Waals surface area contributed by atoms with Gasteiger partial charge in [0.1, 0.15) is 12.4 Å². The lowest BCUT2D eigenvalue weighted by Crippen LogP contribution is -2.30. The van der Waals surface area contributed by atoms with Gasteiger partial charge in [-0.1, -0.05) is 30.3 Å². The summed E-state index contributed by atoms with van der Waals surface area (Å²) < 4.78 is 10.8. The van der Waals surface area contributed by atoms with E-state index in [0.29, 0.717) is 30.9 Å². The van der Waals surface area contributed by atoms with Crippen molar-refractivity contribution in [1.82, 2.24) is 4.90 Å². The Morgan fingerprint density at radius 3 is 2.36 bits per heavy atom. The molecule has 3 aromatic rings. The van der Waals surface area contributed by atoms with E-state index in [4.69, 9.17) is 9.47 Å². The molecule has 0 radical (unpaired) electrons. The Morgan fingerprint density at radius 2 is 1.61 bits per heavy atom. The van der Waals surface area contributed by atoms with Crippen molar-refractivity contribution in [3.63, 3.8) is 0 Å². The van der Waals surface area contributed by atoms with Crippen LogP contribution in [0.1, 0.15) is 27.6 Å². The van der Waals surface area contributed by atoms with Gasteiger partial charge in [-0.2, -0.15) is 0 Å². The molecule has 3 rings (SSSR count). The third-order valence-corrected chi connectivity index (χ3v) is 4.39. The summed E-state index contributed by atoms with van der Waals surface area (Å²) in [6.45, 7) is 3.01. The Morgan fingerprint density at radius 1 is 0.893 bits per heavy atom. The van der Waals surface area contributed by atoms with Crippen LogP contribution in [-0.4, -0.2) is 43.6 Å². The second-order valence-corrected chi connectivity index (χ2v) is 6.39. The number of ether oxygens (including phenoxy) is 2. The number of esters is 1. The van der Waals surface area contributed by atoms with Gasteiger partial charge < -0.3 is 14.4 Å². The third kappa shape index (κ3) is 4.68. The number of carbonyl (C=O) groups excluding carboxylic acids is 2. The van der Waals surface area contributed by atoms with Crippen LogP contribution in [0, 0.1) is 0 Å². The largest absolute Gasteiger partial charge is 0.492 e. The quantitative estimate of drug-likeness (QED) is 0.580. The number of amides is 1. The molecule has 0 fully saturated rings. The number of nitrogens with zero attached hydrogens (tertiary/aromatic N) is 1. The van der Waals surface area contributed by atoms with E-state index in [0.717, 1.165) is 16.5 Å². The lowest BCUT2D eigenvalue weighted by molar-refractivity contribution is 0.0526. The second-order valence-electron chi connectivity index (χ2n) is 6.39. The molecule has 0 aliphatic rings. The first-order valence-corrected chi connectivity index (χ1v) is 9.22. The summed E-state index contributed by atoms with van der Waals surface area (Å²) in [6.07, 6.45) is 0. The van der Waals surface area contributed by atoms with Gasteiger partial charge in [-0.3, -0.25) is 4.79 Å². The molecule has 0 aliphatic heterocycles. The molecule has 0 N–H and O–H groups in total. The summed E-state index contributed by atoms with van der Waals surface area (Å²) in [5, 5.41) is 1.91. The molecule has 0 saturated heterocycles. The van der Waals surface area contributed by atoms with Crippen molar-refractivity contribution in [2.45, 2.75) is 6.92 Å². The fourth-order valence-electron chi connectivity index (χ4n) is 2.86. The highest BCUT2D eigenvalue weighted by atomic mass is 16.5. The van der Waals surface area contributed by atoms with Gasteiger partial charge in [-0.15, -0.1) is 0 Å². The first-order valence-electron chi connectivity index (χ1n) is 9.22. The minimum atomic E-state index is -0.323.